The summed E-state index contributed by atoms with van der Waals surface area (Å²) >= 11 is 0. The second kappa shape index (κ2) is 15.5. The fraction of sp³-hybridized carbons (Fsp3) is 0.958. The molecule has 9 atom stereocenters. The minimum absolute atomic E-state index is 0.237. The SMILES string of the molecule is CCCCCCCCCC(=O)OCC1O[C@H](COC[C@]2(CO)O[C@@H](CO)C(O)C2O)C(O)C(O)[C@H]1O. The Balaban J connectivity index is 1.78. The van der Waals surface area contributed by atoms with Crippen molar-refractivity contribution in [1.82, 2.24) is 0 Å². The third kappa shape index (κ3) is 8.29. The van der Waals surface area contributed by atoms with Crippen molar-refractivity contribution in [3.05, 3.63) is 0 Å². The van der Waals surface area contributed by atoms with Gasteiger partial charge in [-0.2, -0.15) is 0 Å². The lowest BCUT2D eigenvalue weighted by atomic mass is 9.95. The van der Waals surface area contributed by atoms with Crippen molar-refractivity contribution in [2.24, 2.45) is 0 Å². The number of rotatable bonds is 16. The van der Waals surface area contributed by atoms with Gasteiger partial charge >= 0.3 is 5.97 Å². The molecule has 0 aromatic heterocycles. The van der Waals surface area contributed by atoms with Crippen molar-refractivity contribution in [2.75, 3.05) is 33.0 Å². The lowest BCUT2D eigenvalue weighted by Gasteiger charge is -2.40. The van der Waals surface area contributed by atoms with Crippen molar-refractivity contribution in [3.8, 4) is 0 Å². The molecule has 36 heavy (non-hydrogen) atoms. The van der Waals surface area contributed by atoms with Gasteiger partial charge in [0, 0.05) is 6.42 Å². The van der Waals surface area contributed by atoms with Crippen LogP contribution in [0.2, 0.25) is 0 Å². The molecule has 12 nitrogen and oxygen atoms in total. The fourth-order valence-corrected chi connectivity index (χ4v) is 4.52. The molecule has 5 unspecified atom stereocenters. The molecule has 0 bridgehead atoms. The topological polar surface area (TPSA) is 196 Å². The summed E-state index contributed by atoms with van der Waals surface area (Å²) in [6, 6.07) is 0. The van der Waals surface area contributed by atoms with Gasteiger partial charge in [0.05, 0.1) is 26.4 Å². The highest BCUT2D eigenvalue weighted by Crippen LogP contribution is 2.32. The summed E-state index contributed by atoms with van der Waals surface area (Å²) in [6.45, 7) is -0.195. The summed E-state index contributed by atoms with van der Waals surface area (Å²) in [5, 5.41) is 69.9. The second-order valence-electron chi connectivity index (χ2n) is 9.75. The van der Waals surface area contributed by atoms with Gasteiger partial charge in [-0.3, -0.25) is 4.79 Å². The van der Waals surface area contributed by atoms with Gasteiger partial charge in [0.2, 0.25) is 0 Å². The Bertz CT molecular complexity index is 636. The lowest BCUT2D eigenvalue weighted by Crippen LogP contribution is -2.60. The van der Waals surface area contributed by atoms with Crippen LogP contribution in [0.25, 0.3) is 0 Å². The van der Waals surface area contributed by atoms with Crippen LogP contribution >= 0.6 is 0 Å². The molecule has 0 spiro atoms. The maximum atomic E-state index is 12.1. The molecule has 2 rings (SSSR count). The molecule has 0 aliphatic carbocycles. The molecule has 2 aliphatic heterocycles. The number of hydrogen-bond acceptors (Lipinski definition) is 12. The number of unbranched alkanes of at least 4 members (excludes halogenated alkanes) is 6. The average molecular weight is 525 g/mol. The molecular weight excluding hydrogens is 480 g/mol. The van der Waals surface area contributed by atoms with E-state index in [-0.39, 0.29) is 19.6 Å². The summed E-state index contributed by atoms with van der Waals surface area (Å²) in [5.41, 5.74) is -1.70. The van der Waals surface area contributed by atoms with Crippen LogP contribution in [0, 0.1) is 0 Å². The smallest absolute Gasteiger partial charge is 0.305 e. The standard InChI is InChI=1S/C24H44O12/c1-2-3-4-5-6-7-8-9-18(27)34-12-17-20(29)22(31)19(28)16(35-17)11-33-14-24(13-26)23(32)21(30)15(10-25)36-24/h15-17,19-23,25-26,28-32H,2-14H2,1H3/t15-,16+,17?,19?,20-,21?,22?,23?,24-/m0/s1. The molecule has 0 aromatic carbocycles. The van der Waals surface area contributed by atoms with Gasteiger partial charge in [-0.05, 0) is 6.42 Å². The lowest BCUT2D eigenvalue weighted by molar-refractivity contribution is -0.246. The third-order valence-corrected chi connectivity index (χ3v) is 6.91. The first-order valence-electron chi connectivity index (χ1n) is 12.9. The average Bonchev–Trinajstić information content (AvgIpc) is 3.12. The van der Waals surface area contributed by atoms with E-state index in [9.17, 15) is 40.5 Å². The molecule has 7 N–H and O–H groups in total. The number of carbonyl (C=O) groups excluding carboxylic acids is 1. The van der Waals surface area contributed by atoms with Crippen LogP contribution in [0.4, 0.5) is 0 Å². The van der Waals surface area contributed by atoms with Crippen LogP contribution in [-0.2, 0) is 23.7 Å². The van der Waals surface area contributed by atoms with Gasteiger partial charge in [-0.25, -0.2) is 0 Å². The molecule has 212 valence electrons. The van der Waals surface area contributed by atoms with Gasteiger partial charge in [0.25, 0.3) is 0 Å². The van der Waals surface area contributed by atoms with E-state index in [0.29, 0.717) is 6.42 Å². The van der Waals surface area contributed by atoms with E-state index in [1.807, 2.05) is 0 Å². The number of aliphatic hydroxyl groups is 7. The Hall–Kier alpha value is -0.930. The van der Waals surface area contributed by atoms with E-state index in [1.54, 1.807) is 0 Å². The minimum Gasteiger partial charge on any atom is -0.463 e. The van der Waals surface area contributed by atoms with Crippen molar-refractivity contribution < 1.29 is 59.5 Å². The molecule has 2 saturated heterocycles. The third-order valence-electron chi connectivity index (χ3n) is 6.91. The molecule has 0 amide bonds. The van der Waals surface area contributed by atoms with Gasteiger partial charge in [0.1, 0.15) is 61.0 Å². The first-order chi connectivity index (χ1) is 17.2. The highest BCUT2D eigenvalue weighted by atomic mass is 16.6. The van der Waals surface area contributed by atoms with Crippen molar-refractivity contribution in [1.29, 1.82) is 0 Å². The summed E-state index contributed by atoms with van der Waals surface area (Å²) < 4.78 is 21.7. The van der Waals surface area contributed by atoms with E-state index in [4.69, 9.17) is 18.9 Å². The van der Waals surface area contributed by atoms with Crippen molar-refractivity contribution >= 4 is 5.97 Å². The predicted molar refractivity (Wildman–Crippen MR) is 125 cm³/mol. The zero-order valence-corrected chi connectivity index (χ0v) is 21.0. The van der Waals surface area contributed by atoms with E-state index in [0.717, 1.165) is 19.3 Å². The quantitative estimate of drug-likeness (QED) is 0.0902. The minimum atomic E-state index is -1.70. The Labute approximate surface area is 211 Å². The van der Waals surface area contributed by atoms with Gasteiger partial charge in [-0.1, -0.05) is 45.4 Å². The maximum Gasteiger partial charge on any atom is 0.305 e. The fourth-order valence-electron chi connectivity index (χ4n) is 4.52. The second-order valence-corrected chi connectivity index (χ2v) is 9.75. The summed E-state index contributed by atoms with van der Waals surface area (Å²) in [6.07, 6.45) is -3.25. The van der Waals surface area contributed by atoms with Gasteiger partial charge < -0.3 is 54.7 Å². The Morgan fingerprint density at radius 2 is 1.42 bits per heavy atom. The van der Waals surface area contributed by atoms with Crippen molar-refractivity contribution in [2.45, 2.75) is 113 Å². The monoisotopic (exact) mass is 524 g/mol. The molecule has 0 aromatic rings. The number of carbonyl (C=O) groups is 1. The molecule has 0 radical (unpaired) electrons. The summed E-state index contributed by atoms with van der Waals surface area (Å²) in [4.78, 5) is 12.1. The van der Waals surface area contributed by atoms with Crippen LogP contribution in [0.5, 0.6) is 0 Å². The Morgan fingerprint density at radius 3 is 2.00 bits per heavy atom. The summed E-state index contributed by atoms with van der Waals surface area (Å²) in [5.74, 6) is -0.443. The molecule has 2 fully saturated rings. The van der Waals surface area contributed by atoms with E-state index in [1.165, 1.54) is 19.3 Å². The largest absolute Gasteiger partial charge is 0.463 e. The van der Waals surface area contributed by atoms with Gasteiger partial charge in [0.15, 0.2) is 0 Å². The van der Waals surface area contributed by atoms with Crippen LogP contribution in [-0.4, -0.2) is 129 Å². The normalized spacial score (nSPS) is 36.8. The predicted octanol–water partition coefficient (Wildman–Crippen LogP) is -1.62. The van der Waals surface area contributed by atoms with Crippen LogP contribution in [0.15, 0.2) is 0 Å². The zero-order valence-electron chi connectivity index (χ0n) is 21.0. The van der Waals surface area contributed by atoms with Crippen LogP contribution < -0.4 is 0 Å². The Kier molecular flexibility index (Phi) is 13.4. The molecule has 12 heteroatoms. The zero-order chi connectivity index (χ0) is 26.7. The number of esters is 1. The van der Waals surface area contributed by atoms with Gasteiger partial charge in [-0.15, -0.1) is 0 Å². The number of ether oxygens (including phenoxy) is 4. The van der Waals surface area contributed by atoms with Crippen LogP contribution in [0.1, 0.15) is 58.3 Å². The van der Waals surface area contributed by atoms with E-state index in [2.05, 4.69) is 6.92 Å². The number of hydrogen-bond donors (Lipinski definition) is 7. The molecule has 2 heterocycles. The first-order valence-corrected chi connectivity index (χ1v) is 12.9. The Morgan fingerprint density at radius 1 is 0.806 bits per heavy atom. The molecule has 2 aliphatic rings. The summed E-state index contributed by atoms with van der Waals surface area (Å²) in [7, 11) is 0. The molecular formula is C24H44O12. The highest BCUT2D eigenvalue weighted by molar-refractivity contribution is 5.69. The van der Waals surface area contributed by atoms with E-state index < -0.39 is 80.2 Å². The number of aliphatic hydroxyl groups excluding tert-OH is 7. The van der Waals surface area contributed by atoms with E-state index >= 15 is 0 Å². The highest BCUT2D eigenvalue weighted by Gasteiger charge is 2.54. The molecule has 0 saturated carbocycles. The first kappa shape index (κ1) is 31.3. The van der Waals surface area contributed by atoms with Crippen LogP contribution in [0.3, 0.4) is 0 Å². The van der Waals surface area contributed by atoms with Crippen molar-refractivity contribution in [3.63, 3.8) is 0 Å². The maximum absolute atomic E-state index is 12.1.